The second kappa shape index (κ2) is 4.64. The van der Waals surface area contributed by atoms with Crippen molar-refractivity contribution in [3.05, 3.63) is 23.8 Å². The first-order chi connectivity index (χ1) is 10.0. The van der Waals surface area contributed by atoms with Gasteiger partial charge in [-0.05, 0) is 55.0 Å². The third-order valence-electron chi connectivity index (χ3n) is 5.37. The van der Waals surface area contributed by atoms with E-state index in [0.717, 1.165) is 18.1 Å². The van der Waals surface area contributed by atoms with Gasteiger partial charge in [0.15, 0.2) is 11.5 Å². The summed E-state index contributed by atoms with van der Waals surface area (Å²) in [7, 11) is 0. The van der Waals surface area contributed by atoms with Crippen molar-refractivity contribution < 1.29 is 9.47 Å². The Balaban J connectivity index is 1.67. The maximum absolute atomic E-state index is 6.40. The fourth-order valence-electron chi connectivity index (χ4n) is 3.98. The van der Waals surface area contributed by atoms with Crippen molar-refractivity contribution >= 4 is 0 Å². The zero-order valence-electron chi connectivity index (χ0n) is 13.3. The fraction of sp³-hybridized carbons (Fsp3) is 0.667. The van der Waals surface area contributed by atoms with E-state index in [1.54, 1.807) is 0 Å². The predicted octanol–water partition coefficient (Wildman–Crippen LogP) is 3.22. The highest BCUT2D eigenvalue weighted by atomic mass is 16.5. The van der Waals surface area contributed by atoms with Crippen LogP contribution in [0.1, 0.15) is 39.2 Å². The molecule has 21 heavy (non-hydrogen) atoms. The topological polar surface area (TPSA) is 21.7 Å². The Hall–Kier alpha value is -1.22. The van der Waals surface area contributed by atoms with E-state index < -0.39 is 0 Å². The molecule has 4 heterocycles. The Kier molecular flexibility index (Phi) is 2.97. The Morgan fingerprint density at radius 1 is 1.10 bits per heavy atom. The van der Waals surface area contributed by atoms with E-state index in [0.29, 0.717) is 18.1 Å². The molecule has 0 radical (unpaired) electrons. The van der Waals surface area contributed by atoms with Gasteiger partial charge >= 0.3 is 0 Å². The second-order valence-electron chi connectivity index (χ2n) is 7.75. The van der Waals surface area contributed by atoms with Crippen LogP contribution in [0.2, 0.25) is 0 Å². The lowest BCUT2D eigenvalue weighted by molar-refractivity contribution is -0.0626. The zero-order chi connectivity index (χ0) is 14.6. The summed E-state index contributed by atoms with van der Waals surface area (Å²) in [6.45, 7) is 9.89. The van der Waals surface area contributed by atoms with Crippen molar-refractivity contribution in [2.24, 2.45) is 5.92 Å². The number of piperidine rings is 3. The number of rotatable bonds is 0. The SMILES string of the molecule is CC(C)(C)c1ccc2c(c1)OCC1C(O2)C2CCN1CC2. The predicted molar refractivity (Wildman–Crippen MR) is 83.1 cm³/mol. The summed E-state index contributed by atoms with van der Waals surface area (Å²) in [6, 6.07) is 6.90. The molecule has 114 valence electrons. The maximum atomic E-state index is 6.40. The third kappa shape index (κ3) is 2.22. The summed E-state index contributed by atoms with van der Waals surface area (Å²) in [4.78, 5) is 2.56. The molecule has 3 fully saturated rings. The van der Waals surface area contributed by atoms with Crippen LogP contribution in [-0.4, -0.2) is 36.7 Å². The molecule has 0 spiro atoms. The number of nitrogens with zero attached hydrogens (tertiary/aromatic N) is 1. The number of benzene rings is 1. The molecule has 3 nitrogen and oxygen atoms in total. The summed E-state index contributed by atoms with van der Waals surface area (Å²) < 4.78 is 12.5. The van der Waals surface area contributed by atoms with Crippen LogP contribution in [0.4, 0.5) is 0 Å². The Bertz CT molecular complexity index is 541. The molecule has 1 aromatic rings. The van der Waals surface area contributed by atoms with Gasteiger partial charge in [0.2, 0.25) is 0 Å². The smallest absolute Gasteiger partial charge is 0.161 e. The molecule has 3 saturated heterocycles. The van der Waals surface area contributed by atoms with E-state index in [9.17, 15) is 0 Å². The van der Waals surface area contributed by atoms with Crippen LogP contribution in [0.25, 0.3) is 0 Å². The van der Waals surface area contributed by atoms with E-state index in [4.69, 9.17) is 9.47 Å². The van der Waals surface area contributed by atoms with Gasteiger partial charge in [0, 0.05) is 0 Å². The molecule has 0 N–H and O–H groups in total. The lowest BCUT2D eigenvalue weighted by atomic mass is 9.81. The second-order valence-corrected chi connectivity index (χ2v) is 7.75. The molecule has 1 aromatic carbocycles. The van der Waals surface area contributed by atoms with Crippen molar-refractivity contribution in [2.75, 3.05) is 19.7 Å². The Morgan fingerprint density at radius 2 is 1.86 bits per heavy atom. The lowest BCUT2D eigenvalue weighted by Crippen LogP contribution is -2.61. The normalized spacial score (nSPS) is 34.2. The van der Waals surface area contributed by atoms with Crippen LogP contribution >= 0.6 is 0 Å². The Morgan fingerprint density at radius 3 is 2.57 bits per heavy atom. The van der Waals surface area contributed by atoms with E-state index in [1.165, 1.54) is 31.5 Å². The lowest BCUT2D eigenvalue weighted by Gasteiger charge is -2.49. The zero-order valence-corrected chi connectivity index (χ0v) is 13.3. The summed E-state index contributed by atoms with van der Waals surface area (Å²) in [5.41, 5.74) is 1.44. The number of ether oxygens (including phenoxy) is 2. The minimum Gasteiger partial charge on any atom is -0.488 e. The van der Waals surface area contributed by atoms with Crippen LogP contribution in [0.5, 0.6) is 11.5 Å². The average molecular weight is 287 g/mol. The molecule has 4 aliphatic rings. The van der Waals surface area contributed by atoms with E-state index in [-0.39, 0.29) is 5.41 Å². The summed E-state index contributed by atoms with van der Waals surface area (Å²) in [5, 5.41) is 0. The highest BCUT2D eigenvalue weighted by molar-refractivity contribution is 5.45. The van der Waals surface area contributed by atoms with Gasteiger partial charge in [-0.3, -0.25) is 4.90 Å². The van der Waals surface area contributed by atoms with Gasteiger partial charge in [-0.2, -0.15) is 0 Å². The van der Waals surface area contributed by atoms with E-state index >= 15 is 0 Å². The van der Waals surface area contributed by atoms with Crippen LogP contribution in [0.3, 0.4) is 0 Å². The minimum absolute atomic E-state index is 0.139. The van der Waals surface area contributed by atoms with Gasteiger partial charge in [0.1, 0.15) is 12.7 Å². The third-order valence-corrected chi connectivity index (χ3v) is 5.37. The number of fused-ring (bicyclic) bond motifs is 3. The van der Waals surface area contributed by atoms with E-state index in [2.05, 4.69) is 43.9 Å². The van der Waals surface area contributed by atoms with Crippen molar-refractivity contribution in [2.45, 2.75) is 51.2 Å². The number of hydrogen-bond donors (Lipinski definition) is 0. The van der Waals surface area contributed by atoms with Gasteiger partial charge < -0.3 is 9.47 Å². The largest absolute Gasteiger partial charge is 0.488 e. The first-order valence-electron chi connectivity index (χ1n) is 8.20. The minimum atomic E-state index is 0.139. The molecule has 0 aliphatic carbocycles. The molecular weight excluding hydrogens is 262 g/mol. The average Bonchev–Trinajstić information content (AvgIpc) is 2.67. The molecule has 0 amide bonds. The molecule has 2 unspecified atom stereocenters. The fourth-order valence-corrected chi connectivity index (χ4v) is 3.98. The molecular formula is C18H25NO2. The summed E-state index contributed by atoms with van der Waals surface area (Å²) in [6.07, 6.45) is 2.86. The molecule has 0 saturated carbocycles. The number of hydrogen-bond acceptors (Lipinski definition) is 3. The first-order valence-corrected chi connectivity index (χ1v) is 8.20. The summed E-state index contributed by atoms with van der Waals surface area (Å²) >= 11 is 0. The summed E-state index contributed by atoms with van der Waals surface area (Å²) in [5.74, 6) is 2.57. The van der Waals surface area contributed by atoms with Gasteiger partial charge in [-0.1, -0.05) is 26.8 Å². The van der Waals surface area contributed by atoms with Crippen molar-refractivity contribution in [1.29, 1.82) is 0 Å². The molecule has 0 aromatic heterocycles. The monoisotopic (exact) mass is 287 g/mol. The molecule has 3 heteroatoms. The quantitative estimate of drug-likeness (QED) is 0.731. The Labute approximate surface area is 127 Å². The van der Waals surface area contributed by atoms with Gasteiger partial charge in [-0.15, -0.1) is 0 Å². The van der Waals surface area contributed by atoms with Gasteiger partial charge in [0.05, 0.1) is 6.04 Å². The van der Waals surface area contributed by atoms with Crippen LogP contribution in [0, 0.1) is 5.92 Å². The molecule has 4 aliphatic heterocycles. The van der Waals surface area contributed by atoms with Gasteiger partial charge in [0.25, 0.3) is 0 Å². The van der Waals surface area contributed by atoms with Crippen molar-refractivity contribution in [3.8, 4) is 11.5 Å². The van der Waals surface area contributed by atoms with Crippen molar-refractivity contribution in [3.63, 3.8) is 0 Å². The molecule has 2 bridgehead atoms. The van der Waals surface area contributed by atoms with Crippen LogP contribution in [-0.2, 0) is 5.41 Å². The van der Waals surface area contributed by atoms with Crippen LogP contribution < -0.4 is 9.47 Å². The van der Waals surface area contributed by atoms with Crippen molar-refractivity contribution in [1.82, 2.24) is 4.90 Å². The highest BCUT2D eigenvalue weighted by Crippen LogP contribution is 2.41. The molecule has 2 atom stereocenters. The standard InChI is InChI=1S/C18H25NO2/c1-18(2,3)13-4-5-15-16(10-13)20-11-14-17(21-15)12-6-8-19(14)9-7-12/h4-5,10,12,14,17H,6-9,11H2,1-3H3. The van der Waals surface area contributed by atoms with Gasteiger partial charge in [-0.25, -0.2) is 0 Å². The van der Waals surface area contributed by atoms with E-state index in [1.807, 2.05) is 0 Å². The maximum Gasteiger partial charge on any atom is 0.161 e. The first kappa shape index (κ1) is 13.4. The van der Waals surface area contributed by atoms with Crippen LogP contribution in [0.15, 0.2) is 18.2 Å². The highest BCUT2D eigenvalue weighted by Gasteiger charge is 2.45. The molecule has 5 rings (SSSR count).